The minimum absolute atomic E-state index is 0.602. The van der Waals surface area contributed by atoms with Crippen LogP contribution < -0.4 is 0 Å². The van der Waals surface area contributed by atoms with Gasteiger partial charge in [0.05, 0.1) is 5.41 Å². The van der Waals surface area contributed by atoms with Crippen LogP contribution in [0.1, 0.15) is 20.8 Å². The van der Waals surface area contributed by atoms with E-state index in [1.165, 1.54) is 0 Å². The summed E-state index contributed by atoms with van der Waals surface area (Å²) in [5, 5.41) is 23.0. The molecule has 7 heteroatoms. The van der Waals surface area contributed by atoms with Gasteiger partial charge in [-0.3, -0.25) is 0 Å². The third kappa shape index (κ3) is 23.6. The predicted octanol–water partition coefficient (Wildman–Crippen LogP) is 1.56. The Morgan fingerprint density at radius 3 is 1.22 bits per heavy atom. The molecule has 7 nitrogen and oxygen atoms in total. The van der Waals surface area contributed by atoms with Crippen molar-refractivity contribution in [3.63, 3.8) is 0 Å². The van der Waals surface area contributed by atoms with Crippen molar-refractivity contribution in [2.75, 3.05) is 0 Å². The molecule has 0 amide bonds. The summed E-state index contributed by atoms with van der Waals surface area (Å²) in [5.74, 6) is -2.58. The minimum atomic E-state index is -0.981. The van der Waals surface area contributed by atoms with Crippen LogP contribution in [0.25, 0.3) is 0 Å². The highest BCUT2D eigenvalue weighted by Crippen LogP contribution is 2.13. The Labute approximate surface area is 105 Å². The quantitative estimate of drug-likeness (QED) is 0.392. The lowest BCUT2D eigenvalue weighted by molar-refractivity contribution is -0.243. The van der Waals surface area contributed by atoms with Crippen LogP contribution in [0.3, 0.4) is 0 Å². The van der Waals surface area contributed by atoms with E-state index in [9.17, 15) is 14.4 Å². The monoisotopic (exact) mass is 262 g/mol. The summed E-state index contributed by atoms with van der Waals surface area (Å²) >= 11 is 0. The molecule has 0 rings (SSSR count). The predicted molar refractivity (Wildman–Crippen MR) is 63.8 cm³/mol. The van der Waals surface area contributed by atoms with E-state index in [0.29, 0.717) is 0 Å². The van der Waals surface area contributed by atoms with Gasteiger partial charge in [0.25, 0.3) is 0 Å². The van der Waals surface area contributed by atoms with Gasteiger partial charge in [-0.2, -0.15) is 5.26 Å². The van der Waals surface area contributed by atoms with Crippen molar-refractivity contribution in [2.45, 2.75) is 20.8 Å². The molecule has 0 aromatic carbocycles. The SMILES string of the molecule is C=CC(=O)O.C=CC(=O)O.CC(C)(C)C(=O)OO. The standard InChI is InChI=1S/C5H10O3.2C3H4O2/c1-5(2,3)4(6)8-7;2*1-2-3(4)5/h7H,1-3H3;2*2H,1H2,(H,4,5). The van der Waals surface area contributed by atoms with Crippen LogP contribution in [0.4, 0.5) is 0 Å². The summed E-state index contributed by atoms with van der Waals surface area (Å²) in [6.07, 6.45) is 1.67. The Balaban J connectivity index is -0.000000197. The third-order valence-corrected chi connectivity index (χ3v) is 1.04. The molecule has 0 aliphatic carbocycles. The number of hydrogen-bond donors (Lipinski definition) is 3. The number of aliphatic carboxylic acids is 2. The average molecular weight is 262 g/mol. The van der Waals surface area contributed by atoms with E-state index in [0.717, 1.165) is 12.2 Å². The summed E-state index contributed by atoms with van der Waals surface area (Å²) in [6.45, 7) is 10.9. The molecule has 0 spiro atoms. The molecule has 0 bridgehead atoms. The van der Waals surface area contributed by atoms with Gasteiger partial charge in [0.1, 0.15) is 0 Å². The van der Waals surface area contributed by atoms with Crippen LogP contribution in [-0.4, -0.2) is 33.4 Å². The van der Waals surface area contributed by atoms with Gasteiger partial charge >= 0.3 is 17.9 Å². The fourth-order valence-electron chi connectivity index (χ4n) is 0.137. The zero-order valence-corrected chi connectivity index (χ0v) is 10.5. The smallest absolute Gasteiger partial charge is 0.347 e. The van der Waals surface area contributed by atoms with Gasteiger partial charge in [0.2, 0.25) is 0 Å². The maximum Gasteiger partial charge on any atom is 0.347 e. The van der Waals surface area contributed by atoms with Gasteiger partial charge < -0.3 is 15.1 Å². The Bertz CT molecular complexity index is 281. The van der Waals surface area contributed by atoms with Crippen LogP contribution in [0.5, 0.6) is 0 Å². The molecule has 0 heterocycles. The topological polar surface area (TPSA) is 121 Å². The number of carboxylic acid groups (broad SMARTS) is 2. The molecular weight excluding hydrogens is 244 g/mol. The maximum atomic E-state index is 10.4. The van der Waals surface area contributed by atoms with Gasteiger partial charge in [-0.25, -0.2) is 14.4 Å². The summed E-state index contributed by atoms with van der Waals surface area (Å²) in [7, 11) is 0. The first-order valence-corrected chi connectivity index (χ1v) is 4.59. The van der Waals surface area contributed by atoms with E-state index in [1.807, 2.05) is 0 Å². The molecular formula is C11H18O7. The van der Waals surface area contributed by atoms with E-state index in [4.69, 9.17) is 15.5 Å². The molecule has 3 N–H and O–H groups in total. The highest BCUT2D eigenvalue weighted by molar-refractivity contribution is 5.79. The molecule has 0 aliphatic rings. The Kier molecular flexibility index (Phi) is 13.3. The molecule has 104 valence electrons. The Morgan fingerprint density at radius 2 is 1.22 bits per heavy atom. The average Bonchev–Trinajstić information content (AvgIpc) is 2.28. The van der Waals surface area contributed by atoms with Crippen LogP contribution >= 0.6 is 0 Å². The van der Waals surface area contributed by atoms with E-state index in [-0.39, 0.29) is 0 Å². The zero-order valence-electron chi connectivity index (χ0n) is 10.5. The number of rotatable bonds is 2. The summed E-state index contributed by atoms with van der Waals surface area (Å²) < 4.78 is 0. The van der Waals surface area contributed by atoms with Gasteiger partial charge in [-0.1, -0.05) is 13.2 Å². The van der Waals surface area contributed by atoms with E-state index in [1.54, 1.807) is 20.8 Å². The van der Waals surface area contributed by atoms with Gasteiger partial charge in [0.15, 0.2) is 0 Å². The fraction of sp³-hybridized carbons (Fsp3) is 0.364. The first-order valence-electron chi connectivity index (χ1n) is 4.59. The molecule has 0 atom stereocenters. The van der Waals surface area contributed by atoms with Crippen molar-refractivity contribution in [1.29, 1.82) is 0 Å². The second kappa shape index (κ2) is 11.3. The summed E-state index contributed by atoms with van der Waals surface area (Å²) in [5.41, 5.74) is -0.602. The van der Waals surface area contributed by atoms with Crippen molar-refractivity contribution in [3.8, 4) is 0 Å². The van der Waals surface area contributed by atoms with Crippen molar-refractivity contribution >= 4 is 17.9 Å². The highest BCUT2D eigenvalue weighted by atomic mass is 17.1. The first kappa shape index (κ1) is 21.2. The lowest BCUT2D eigenvalue weighted by Crippen LogP contribution is -2.21. The van der Waals surface area contributed by atoms with E-state index < -0.39 is 23.3 Å². The van der Waals surface area contributed by atoms with Crippen molar-refractivity contribution in [1.82, 2.24) is 0 Å². The van der Waals surface area contributed by atoms with Gasteiger partial charge in [-0.05, 0) is 20.8 Å². The third-order valence-electron chi connectivity index (χ3n) is 1.04. The molecule has 0 fully saturated rings. The Hall–Kier alpha value is -2.15. The molecule has 0 aromatic rings. The van der Waals surface area contributed by atoms with Gasteiger partial charge in [0, 0.05) is 12.2 Å². The maximum absolute atomic E-state index is 10.4. The van der Waals surface area contributed by atoms with Crippen molar-refractivity contribution < 1.29 is 34.7 Å². The van der Waals surface area contributed by atoms with Crippen LogP contribution in [-0.2, 0) is 19.3 Å². The lowest BCUT2D eigenvalue weighted by Gasteiger charge is -2.11. The second-order valence-corrected chi connectivity index (χ2v) is 3.71. The molecule has 0 saturated heterocycles. The van der Waals surface area contributed by atoms with Crippen LogP contribution in [0.15, 0.2) is 25.3 Å². The number of hydrogen-bond acceptors (Lipinski definition) is 5. The van der Waals surface area contributed by atoms with Crippen molar-refractivity contribution in [2.24, 2.45) is 5.41 Å². The molecule has 0 unspecified atom stereocenters. The molecule has 0 aliphatic heterocycles. The Morgan fingerprint density at radius 1 is 1.00 bits per heavy atom. The molecule has 0 radical (unpaired) electrons. The zero-order chi connectivity index (χ0) is 15.4. The van der Waals surface area contributed by atoms with Crippen molar-refractivity contribution in [3.05, 3.63) is 25.3 Å². The molecule has 18 heavy (non-hydrogen) atoms. The number of carbonyl (C=O) groups excluding carboxylic acids is 1. The molecule has 0 aromatic heterocycles. The second-order valence-electron chi connectivity index (χ2n) is 3.71. The lowest BCUT2D eigenvalue weighted by atomic mass is 9.98. The van der Waals surface area contributed by atoms with E-state index >= 15 is 0 Å². The normalized spacial score (nSPS) is 8.44. The van der Waals surface area contributed by atoms with Crippen LogP contribution in [0, 0.1) is 5.41 Å². The summed E-state index contributed by atoms with van der Waals surface area (Å²) in [6, 6.07) is 0. The fourth-order valence-corrected chi connectivity index (χ4v) is 0.137. The van der Waals surface area contributed by atoms with Gasteiger partial charge in [-0.15, -0.1) is 0 Å². The first-order chi connectivity index (χ1) is 8.02. The van der Waals surface area contributed by atoms with E-state index in [2.05, 4.69) is 18.0 Å². The molecule has 0 saturated carbocycles. The minimum Gasteiger partial charge on any atom is -0.478 e. The largest absolute Gasteiger partial charge is 0.478 e. The highest BCUT2D eigenvalue weighted by Gasteiger charge is 2.22. The summed E-state index contributed by atoms with van der Waals surface area (Å²) in [4.78, 5) is 32.3. The number of carbonyl (C=O) groups is 3. The number of carboxylic acids is 2. The van der Waals surface area contributed by atoms with Crippen LogP contribution in [0.2, 0.25) is 0 Å².